The monoisotopic (exact) mass is 394 g/mol. The van der Waals surface area contributed by atoms with Crippen molar-refractivity contribution in [2.75, 3.05) is 12.1 Å². The second-order valence-corrected chi connectivity index (χ2v) is 7.37. The average Bonchev–Trinajstić information content (AvgIpc) is 3.25. The van der Waals surface area contributed by atoms with Gasteiger partial charge < -0.3 is 9.84 Å². The molecule has 4 aromatic carbocycles. The molecule has 1 heterocycles. The minimum atomic E-state index is -0.0237. The number of fused-ring (bicyclic) bond motifs is 1. The smallest absolute Gasteiger partial charge is 0.132 e. The molecule has 0 radical (unpaired) electrons. The van der Waals surface area contributed by atoms with Gasteiger partial charge >= 0.3 is 0 Å². The number of anilines is 1. The van der Waals surface area contributed by atoms with Crippen LogP contribution in [-0.2, 0) is 0 Å². The van der Waals surface area contributed by atoms with Gasteiger partial charge in [0.2, 0.25) is 0 Å². The highest BCUT2D eigenvalue weighted by atomic mass is 16.5. The Morgan fingerprint density at radius 1 is 0.867 bits per heavy atom. The maximum Gasteiger partial charge on any atom is 0.132 e. The topological polar surface area (TPSA) is 45.1 Å². The average molecular weight is 394 g/mol. The summed E-state index contributed by atoms with van der Waals surface area (Å²) < 4.78 is 5.64. The number of hydrazone groups is 1. The van der Waals surface area contributed by atoms with Crippen LogP contribution in [0.4, 0.5) is 5.69 Å². The van der Waals surface area contributed by atoms with Gasteiger partial charge in [-0.3, -0.25) is 5.01 Å². The fourth-order valence-corrected chi connectivity index (χ4v) is 4.16. The first kappa shape index (κ1) is 18.3. The lowest BCUT2D eigenvalue weighted by Gasteiger charge is -2.25. The van der Waals surface area contributed by atoms with Crippen molar-refractivity contribution in [3.05, 3.63) is 102 Å². The summed E-state index contributed by atoms with van der Waals surface area (Å²) in [5.41, 5.74) is 3.71. The van der Waals surface area contributed by atoms with E-state index in [-0.39, 0.29) is 11.8 Å². The van der Waals surface area contributed by atoms with Crippen LogP contribution in [0.15, 0.2) is 96.1 Å². The first-order chi connectivity index (χ1) is 14.8. The van der Waals surface area contributed by atoms with Crippen molar-refractivity contribution in [2.24, 2.45) is 5.10 Å². The van der Waals surface area contributed by atoms with E-state index in [2.05, 4.69) is 18.2 Å². The van der Waals surface area contributed by atoms with Gasteiger partial charge in [0.1, 0.15) is 11.5 Å². The molecule has 1 aliphatic heterocycles. The van der Waals surface area contributed by atoms with Gasteiger partial charge in [-0.25, -0.2) is 0 Å². The Morgan fingerprint density at radius 3 is 2.43 bits per heavy atom. The summed E-state index contributed by atoms with van der Waals surface area (Å²) in [5.74, 6) is 1.11. The highest BCUT2D eigenvalue weighted by molar-refractivity contribution is 6.09. The second-order valence-electron chi connectivity index (χ2n) is 7.37. The molecule has 0 aliphatic carbocycles. The van der Waals surface area contributed by atoms with Crippen molar-refractivity contribution in [3.63, 3.8) is 0 Å². The highest BCUT2D eigenvalue weighted by Gasteiger charge is 2.32. The highest BCUT2D eigenvalue weighted by Crippen LogP contribution is 2.42. The van der Waals surface area contributed by atoms with Gasteiger partial charge in [0.05, 0.1) is 24.6 Å². The molecule has 0 bridgehead atoms. The fraction of sp³-hybridized carbons (Fsp3) is 0.115. The molecule has 1 atom stereocenters. The van der Waals surface area contributed by atoms with E-state index in [1.54, 1.807) is 7.11 Å². The molecular formula is C26H22N2O2. The van der Waals surface area contributed by atoms with Crippen LogP contribution in [-0.4, -0.2) is 17.9 Å². The predicted octanol–water partition coefficient (Wildman–Crippen LogP) is 5.91. The predicted molar refractivity (Wildman–Crippen MR) is 121 cm³/mol. The van der Waals surface area contributed by atoms with Gasteiger partial charge in [-0.2, -0.15) is 5.10 Å². The van der Waals surface area contributed by atoms with Crippen LogP contribution in [0.3, 0.4) is 0 Å². The summed E-state index contributed by atoms with van der Waals surface area (Å²) >= 11 is 0. The standard InChI is InChI=1S/C26H22N2O2/c1-30-25-14-8-7-13-22(25)24-17-23(27-28(24)19-10-3-2-4-11-19)21-16-15-18-9-5-6-12-20(18)26(21)29/h2-16,24,29H,17H2,1H3. The number of nitrogens with zero attached hydrogens (tertiary/aromatic N) is 2. The molecule has 1 N–H and O–H groups in total. The number of rotatable bonds is 4. The molecule has 0 fully saturated rings. The number of phenols is 1. The molecule has 1 unspecified atom stereocenters. The summed E-state index contributed by atoms with van der Waals surface area (Å²) in [7, 11) is 1.69. The number of para-hydroxylation sites is 2. The van der Waals surface area contributed by atoms with Gasteiger partial charge in [0, 0.05) is 22.9 Å². The van der Waals surface area contributed by atoms with Crippen LogP contribution >= 0.6 is 0 Å². The lowest BCUT2D eigenvalue weighted by Crippen LogP contribution is -2.19. The molecule has 0 spiro atoms. The first-order valence-electron chi connectivity index (χ1n) is 10.0. The number of methoxy groups -OCH3 is 1. The number of hydrogen-bond acceptors (Lipinski definition) is 4. The van der Waals surface area contributed by atoms with E-state index in [0.29, 0.717) is 6.42 Å². The molecule has 0 saturated heterocycles. The fourth-order valence-electron chi connectivity index (χ4n) is 4.16. The van der Waals surface area contributed by atoms with E-state index in [1.807, 2.05) is 77.8 Å². The third-order valence-corrected chi connectivity index (χ3v) is 5.64. The van der Waals surface area contributed by atoms with Crippen molar-refractivity contribution in [2.45, 2.75) is 12.5 Å². The molecule has 4 aromatic rings. The molecule has 0 saturated carbocycles. The summed E-state index contributed by atoms with van der Waals surface area (Å²) in [6.45, 7) is 0. The second kappa shape index (κ2) is 7.56. The van der Waals surface area contributed by atoms with Crippen molar-refractivity contribution in [3.8, 4) is 11.5 Å². The Morgan fingerprint density at radius 2 is 1.60 bits per heavy atom. The summed E-state index contributed by atoms with van der Waals surface area (Å²) in [4.78, 5) is 0. The summed E-state index contributed by atoms with van der Waals surface area (Å²) in [6, 6.07) is 30.0. The lowest BCUT2D eigenvalue weighted by atomic mass is 9.95. The number of hydrogen-bond donors (Lipinski definition) is 1. The molecule has 0 amide bonds. The van der Waals surface area contributed by atoms with Crippen LogP contribution in [0.2, 0.25) is 0 Å². The van der Waals surface area contributed by atoms with Gasteiger partial charge in [0.15, 0.2) is 0 Å². The van der Waals surface area contributed by atoms with Crippen LogP contribution in [0.5, 0.6) is 11.5 Å². The van der Waals surface area contributed by atoms with Gasteiger partial charge in [-0.15, -0.1) is 0 Å². The molecule has 5 rings (SSSR count). The molecule has 4 nitrogen and oxygen atoms in total. The van der Waals surface area contributed by atoms with Crippen LogP contribution in [0, 0.1) is 0 Å². The van der Waals surface area contributed by atoms with E-state index >= 15 is 0 Å². The zero-order valence-electron chi connectivity index (χ0n) is 16.7. The SMILES string of the molecule is COc1ccccc1C1CC(c2ccc3ccccc3c2O)=NN1c1ccccc1. The van der Waals surface area contributed by atoms with E-state index in [9.17, 15) is 5.11 Å². The zero-order valence-corrected chi connectivity index (χ0v) is 16.7. The number of aromatic hydroxyl groups is 1. The third-order valence-electron chi connectivity index (χ3n) is 5.64. The Bertz CT molecular complexity index is 1230. The maximum absolute atomic E-state index is 11.0. The third kappa shape index (κ3) is 3.07. The van der Waals surface area contributed by atoms with Gasteiger partial charge in [0.25, 0.3) is 0 Å². The summed E-state index contributed by atoms with van der Waals surface area (Å²) in [6.07, 6.45) is 0.668. The molecule has 30 heavy (non-hydrogen) atoms. The van der Waals surface area contributed by atoms with Crippen molar-refractivity contribution in [1.82, 2.24) is 0 Å². The van der Waals surface area contributed by atoms with E-state index in [1.165, 1.54) is 0 Å². The minimum absolute atomic E-state index is 0.0237. The molecule has 0 aromatic heterocycles. The van der Waals surface area contributed by atoms with E-state index in [0.717, 1.165) is 39.0 Å². The Kier molecular flexibility index (Phi) is 4.60. The van der Waals surface area contributed by atoms with Crippen molar-refractivity contribution in [1.29, 1.82) is 0 Å². The molecule has 148 valence electrons. The van der Waals surface area contributed by atoms with Crippen LogP contribution in [0.1, 0.15) is 23.6 Å². The Labute approximate surface area is 175 Å². The van der Waals surface area contributed by atoms with E-state index in [4.69, 9.17) is 9.84 Å². The number of benzene rings is 4. The van der Waals surface area contributed by atoms with Crippen molar-refractivity contribution < 1.29 is 9.84 Å². The van der Waals surface area contributed by atoms with Crippen LogP contribution < -0.4 is 9.75 Å². The van der Waals surface area contributed by atoms with Crippen molar-refractivity contribution >= 4 is 22.2 Å². The minimum Gasteiger partial charge on any atom is -0.507 e. The zero-order chi connectivity index (χ0) is 20.5. The molecule has 4 heteroatoms. The largest absolute Gasteiger partial charge is 0.507 e. The summed E-state index contributed by atoms with van der Waals surface area (Å²) in [5, 5.41) is 19.8. The van der Waals surface area contributed by atoms with E-state index < -0.39 is 0 Å². The normalized spacial score (nSPS) is 16.0. The maximum atomic E-state index is 11.0. The number of ether oxygens (including phenoxy) is 1. The quantitative estimate of drug-likeness (QED) is 0.468. The van der Waals surface area contributed by atoms with Gasteiger partial charge in [-0.05, 0) is 29.7 Å². The lowest BCUT2D eigenvalue weighted by molar-refractivity contribution is 0.405. The first-order valence-corrected chi connectivity index (χ1v) is 10.0. The van der Waals surface area contributed by atoms with Gasteiger partial charge in [-0.1, -0.05) is 66.7 Å². The van der Waals surface area contributed by atoms with Crippen LogP contribution in [0.25, 0.3) is 10.8 Å². The number of phenolic OH excluding ortho intramolecular Hbond substituents is 1. The molecule has 1 aliphatic rings. The molecular weight excluding hydrogens is 372 g/mol. The Balaban J connectivity index is 1.63. The Hall–Kier alpha value is -3.79.